The van der Waals surface area contributed by atoms with E-state index in [2.05, 4.69) is 4.74 Å². The van der Waals surface area contributed by atoms with Gasteiger partial charge in [-0.05, 0) is 30.7 Å². The zero-order valence-electron chi connectivity index (χ0n) is 13.0. The zero-order valence-corrected chi connectivity index (χ0v) is 13.0. The summed E-state index contributed by atoms with van der Waals surface area (Å²) in [5, 5.41) is 9.74. The summed E-state index contributed by atoms with van der Waals surface area (Å²) in [5.74, 6) is -3.78. The van der Waals surface area contributed by atoms with Crippen molar-refractivity contribution in [1.82, 2.24) is 0 Å². The lowest BCUT2D eigenvalue weighted by Gasteiger charge is -2.35. The number of carbonyl (C=O) groups excluding carboxylic acids is 1. The molecule has 0 bridgehead atoms. The minimum Gasteiger partial charge on any atom is -0.423 e. The second-order valence-electron chi connectivity index (χ2n) is 5.66. The van der Waals surface area contributed by atoms with Crippen molar-refractivity contribution < 1.29 is 32.2 Å². The van der Waals surface area contributed by atoms with Crippen LogP contribution in [0.25, 0.3) is 0 Å². The molecule has 0 saturated carbocycles. The first-order valence-electron chi connectivity index (χ1n) is 7.34. The third-order valence-electron chi connectivity index (χ3n) is 3.75. The number of aliphatic hydroxyl groups excluding tert-OH is 1. The summed E-state index contributed by atoms with van der Waals surface area (Å²) in [6.07, 6.45) is -5.28. The molecule has 1 amide bonds. The molecule has 0 aliphatic carbocycles. The van der Waals surface area contributed by atoms with Gasteiger partial charge in [0.1, 0.15) is 11.6 Å². The van der Waals surface area contributed by atoms with Gasteiger partial charge in [0, 0.05) is 11.6 Å². The Morgan fingerprint density at radius 3 is 2.44 bits per heavy atom. The molecule has 8 heteroatoms. The molecule has 132 valence electrons. The van der Waals surface area contributed by atoms with Crippen LogP contribution in [0.3, 0.4) is 0 Å². The SMILES string of the molecule is C[C@@H](O)c1cccc2c1OC(F)(F)C(=O)N2Cc1cc(F)cc(F)c1. The lowest BCUT2D eigenvalue weighted by atomic mass is 10.1. The molecule has 3 rings (SSSR count). The van der Waals surface area contributed by atoms with Gasteiger partial charge in [-0.25, -0.2) is 8.78 Å². The van der Waals surface area contributed by atoms with E-state index in [1.54, 1.807) is 0 Å². The van der Waals surface area contributed by atoms with Crippen LogP contribution in [0.4, 0.5) is 23.2 Å². The molecule has 25 heavy (non-hydrogen) atoms. The van der Waals surface area contributed by atoms with E-state index >= 15 is 0 Å². The monoisotopic (exact) mass is 355 g/mol. The van der Waals surface area contributed by atoms with E-state index in [4.69, 9.17) is 0 Å². The summed E-state index contributed by atoms with van der Waals surface area (Å²) in [6, 6.07) is 6.72. The third-order valence-corrected chi connectivity index (χ3v) is 3.75. The minimum atomic E-state index is -4.16. The first-order valence-corrected chi connectivity index (χ1v) is 7.34. The highest BCUT2D eigenvalue weighted by Gasteiger charge is 2.51. The Kier molecular flexibility index (Phi) is 4.16. The van der Waals surface area contributed by atoms with Crippen molar-refractivity contribution in [2.45, 2.75) is 25.7 Å². The Hall–Kier alpha value is -2.61. The predicted octanol–water partition coefficient (Wildman–Crippen LogP) is 3.54. The highest BCUT2D eigenvalue weighted by atomic mass is 19.3. The van der Waals surface area contributed by atoms with Crippen LogP contribution in [0.1, 0.15) is 24.2 Å². The number of nitrogens with zero attached hydrogens (tertiary/aromatic N) is 1. The van der Waals surface area contributed by atoms with Crippen LogP contribution in [0, 0.1) is 11.6 Å². The number of benzene rings is 2. The number of amides is 1. The molecule has 2 aromatic carbocycles. The van der Waals surface area contributed by atoms with E-state index < -0.39 is 36.3 Å². The molecule has 0 saturated heterocycles. The van der Waals surface area contributed by atoms with Crippen molar-refractivity contribution in [1.29, 1.82) is 0 Å². The molecule has 1 N–H and O–H groups in total. The number of fused-ring (bicyclic) bond motifs is 1. The van der Waals surface area contributed by atoms with E-state index in [0.29, 0.717) is 11.0 Å². The van der Waals surface area contributed by atoms with Crippen LogP contribution in [0.15, 0.2) is 36.4 Å². The normalized spacial score (nSPS) is 17.0. The van der Waals surface area contributed by atoms with Gasteiger partial charge in [-0.1, -0.05) is 12.1 Å². The number of hydrogen-bond acceptors (Lipinski definition) is 3. The van der Waals surface area contributed by atoms with Gasteiger partial charge in [0.25, 0.3) is 0 Å². The summed E-state index contributed by atoms with van der Waals surface area (Å²) in [6.45, 7) is 0.878. The van der Waals surface area contributed by atoms with Gasteiger partial charge in [-0.3, -0.25) is 9.69 Å². The number of aliphatic hydroxyl groups is 1. The van der Waals surface area contributed by atoms with Crippen LogP contribution in [-0.2, 0) is 11.3 Å². The quantitative estimate of drug-likeness (QED) is 0.857. The number of anilines is 1. The molecular weight excluding hydrogens is 342 g/mol. The highest BCUT2D eigenvalue weighted by Crippen LogP contribution is 2.44. The van der Waals surface area contributed by atoms with Crippen molar-refractivity contribution in [2.75, 3.05) is 4.90 Å². The molecule has 1 aliphatic heterocycles. The summed E-state index contributed by atoms with van der Waals surface area (Å²) in [7, 11) is 0. The average Bonchev–Trinajstić information content (AvgIpc) is 2.50. The van der Waals surface area contributed by atoms with Gasteiger partial charge in [0.05, 0.1) is 18.3 Å². The Labute approximate surface area is 140 Å². The second kappa shape index (κ2) is 6.03. The summed E-state index contributed by atoms with van der Waals surface area (Å²) >= 11 is 0. The fourth-order valence-electron chi connectivity index (χ4n) is 2.68. The molecule has 0 fully saturated rings. The maximum atomic E-state index is 14.0. The van der Waals surface area contributed by atoms with E-state index in [1.165, 1.54) is 25.1 Å². The van der Waals surface area contributed by atoms with Crippen LogP contribution >= 0.6 is 0 Å². The standard InChI is InChI=1S/C17H13F4NO3/c1-9(23)13-3-2-4-14-15(13)25-17(20,21)16(24)22(14)8-10-5-11(18)7-12(19)6-10/h2-7,9,23H,8H2,1H3/t9-/m1/s1. The number of halogens is 4. The maximum absolute atomic E-state index is 14.0. The molecule has 1 aliphatic rings. The second-order valence-corrected chi connectivity index (χ2v) is 5.66. The highest BCUT2D eigenvalue weighted by molar-refractivity contribution is 6.01. The number of hydrogen-bond donors (Lipinski definition) is 1. The zero-order chi connectivity index (χ0) is 18.4. The first-order chi connectivity index (χ1) is 11.7. The molecule has 0 unspecified atom stereocenters. The van der Waals surface area contributed by atoms with Gasteiger partial charge in [-0.15, -0.1) is 0 Å². The number of para-hydroxylation sites is 1. The average molecular weight is 355 g/mol. The van der Waals surface area contributed by atoms with Crippen molar-refractivity contribution in [3.63, 3.8) is 0 Å². The van der Waals surface area contributed by atoms with E-state index in [1.807, 2.05) is 0 Å². The number of rotatable bonds is 3. The van der Waals surface area contributed by atoms with E-state index in [9.17, 15) is 27.5 Å². The lowest BCUT2D eigenvalue weighted by Crippen LogP contribution is -2.50. The Balaban J connectivity index is 2.10. The van der Waals surface area contributed by atoms with Gasteiger partial charge >= 0.3 is 12.0 Å². The summed E-state index contributed by atoms with van der Waals surface area (Å²) in [5.41, 5.74) is 0.0519. The van der Waals surface area contributed by atoms with Crippen LogP contribution in [-0.4, -0.2) is 17.1 Å². The topological polar surface area (TPSA) is 49.8 Å². The smallest absolute Gasteiger partial charge is 0.423 e. The van der Waals surface area contributed by atoms with Gasteiger partial charge in [0.15, 0.2) is 5.75 Å². The number of ether oxygens (including phenoxy) is 1. The van der Waals surface area contributed by atoms with Gasteiger partial charge in [-0.2, -0.15) is 8.78 Å². The van der Waals surface area contributed by atoms with Crippen molar-refractivity contribution in [2.24, 2.45) is 0 Å². The molecule has 1 atom stereocenters. The van der Waals surface area contributed by atoms with Crippen molar-refractivity contribution >= 4 is 11.6 Å². The Morgan fingerprint density at radius 2 is 1.84 bits per heavy atom. The number of alkyl halides is 2. The van der Waals surface area contributed by atoms with E-state index in [0.717, 1.165) is 12.1 Å². The fraction of sp³-hybridized carbons (Fsp3) is 0.235. The van der Waals surface area contributed by atoms with Crippen molar-refractivity contribution in [3.8, 4) is 5.75 Å². The molecular formula is C17H13F4NO3. The Morgan fingerprint density at radius 1 is 1.20 bits per heavy atom. The van der Waals surface area contributed by atoms with Crippen molar-refractivity contribution in [3.05, 3.63) is 59.2 Å². The predicted molar refractivity (Wildman–Crippen MR) is 80.2 cm³/mol. The summed E-state index contributed by atoms with van der Waals surface area (Å²) < 4.78 is 59.2. The molecule has 1 heterocycles. The molecule has 0 radical (unpaired) electrons. The molecule has 2 aromatic rings. The van der Waals surface area contributed by atoms with Crippen LogP contribution < -0.4 is 9.64 Å². The van der Waals surface area contributed by atoms with Gasteiger partial charge < -0.3 is 9.84 Å². The third kappa shape index (κ3) is 3.17. The largest absolute Gasteiger partial charge is 0.483 e. The molecule has 0 aromatic heterocycles. The van der Waals surface area contributed by atoms with Crippen LogP contribution in [0.5, 0.6) is 5.75 Å². The van der Waals surface area contributed by atoms with Gasteiger partial charge in [0.2, 0.25) is 0 Å². The molecule has 0 spiro atoms. The fourth-order valence-corrected chi connectivity index (χ4v) is 2.68. The van der Waals surface area contributed by atoms with E-state index in [-0.39, 0.29) is 22.6 Å². The summed E-state index contributed by atoms with van der Waals surface area (Å²) in [4.78, 5) is 12.7. The maximum Gasteiger partial charge on any atom is 0.483 e. The minimum absolute atomic E-state index is 0.00282. The number of carbonyl (C=O) groups is 1. The molecule has 4 nitrogen and oxygen atoms in total. The lowest BCUT2D eigenvalue weighted by molar-refractivity contribution is -0.193. The van der Waals surface area contributed by atoms with Crippen LogP contribution in [0.2, 0.25) is 0 Å². The Bertz CT molecular complexity index is 818. The first kappa shape index (κ1) is 17.2.